The van der Waals surface area contributed by atoms with Crippen LogP contribution < -0.4 is 0 Å². The summed E-state index contributed by atoms with van der Waals surface area (Å²) in [5, 5.41) is 0. The molecule has 0 amide bonds. The van der Waals surface area contributed by atoms with Crippen molar-refractivity contribution in [1.29, 1.82) is 0 Å². The average Bonchev–Trinajstić information content (AvgIpc) is 2.34. The third kappa shape index (κ3) is 175. The molecule has 0 aromatic heterocycles. The van der Waals surface area contributed by atoms with Gasteiger partial charge in [0.05, 0.1) is 0 Å². The normalized spacial score (nSPS) is 21.2. The fourth-order valence-corrected chi connectivity index (χ4v) is 1.71. The molecule has 0 N–H and O–H groups in total. The quantitative estimate of drug-likeness (QED) is 0.100. The van der Waals surface area contributed by atoms with E-state index in [1.54, 1.807) is 0 Å². The van der Waals surface area contributed by atoms with E-state index in [1.165, 1.54) is 51.4 Å². The van der Waals surface area contributed by atoms with Gasteiger partial charge in [-0.2, -0.15) is 0 Å². The molecular weight excluding hydrogens is 730 g/mol. The number of hydrogen-bond acceptors (Lipinski definition) is 0. The second-order valence-corrected chi connectivity index (χ2v) is 12.8. The topological polar surface area (TPSA) is 0 Å². The maximum Gasteiger partial charge on any atom is 3.00 e. The summed E-state index contributed by atoms with van der Waals surface area (Å²) in [6, 6.07) is 0. The van der Waals surface area contributed by atoms with E-state index in [2.05, 4.69) is 48.6 Å². The maximum absolute atomic E-state index is 10.7. The molecule has 0 radical (unpaired) electrons. The van der Waals surface area contributed by atoms with Gasteiger partial charge in [0.2, 0.25) is 0 Å². The van der Waals surface area contributed by atoms with E-state index in [0.717, 1.165) is 0 Å². The van der Waals surface area contributed by atoms with Crippen molar-refractivity contribution in [2.75, 3.05) is 0 Å². The van der Waals surface area contributed by atoms with Crippen LogP contribution in [0.3, 0.4) is 0 Å². The van der Waals surface area contributed by atoms with E-state index in [-0.39, 0.29) is 19.5 Å². The summed E-state index contributed by atoms with van der Waals surface area (Å²) >= 11 is 0. The first-order valence-corrected chi connectivity index (χ1v) is 15.7. The molecule has 0 spiro atoms. The van der Waals surface area contributed by atoms with Gasteiger partial charge in [-0.1, -0.05) is 48.6 Å². The van der Waals surface area contributed by atoms with Crippen molar-refractivity contribution in [1.82, 2.24) is 0 Å². The molecule has 0 saturated heterocycles. The molecule has 0 aliphatic heterocycles. The molecule has 38 heavy (non-hydrogen) atoms. The van der Waals surface area contributed by atoms with Crippen LogP contribution in [0, 0.1) is 0 Å². The molecule has 0 nitrogen and oxygen atoms in total. The number of halogens is 18. The van der Waals surface area contributed by atoms with Crippen LogP contribution in [0.15, 0.2) is 48.6 Å². The molecule has 0 bridgehead atoms. The van der Waals surface area contributed by atoms with Crippen molar-refractivity contribution in [3.05, 3.63) is 48.6 Å². The molecule has 2 aliphatic carbocycles. The van der Waals surface area contributed by atoms with Gasteiger partial charge in [-0.25, -0.2) is 0 Å². The predicted octanol–water partition coefficient (Wildman–Crippen LogP) is 15.5. The third-order valence-corrected chi connectivity index (χ3v) is 2.67. The Hall–Kier alpha value is -0.387. The van der Waals surface area contributed by atoms with Gasteiger partial charge in [-0.3, -0.25) is 0 Å². The van der Waals surface area contributed by atoms with Crippen molar-refractivity contribution >= 4 is 23.4 Å². The molecule has 0 heterocycles. The molecule has 22 heteroatoms. The van der Waals surface area contributed by atoms with Gasteiger partial charge in [0.25, 0.3) is 0 Å². The first-order valence-electron chi connectivity index (χ1n) is 9.64. The monoisotopic (exact) mass is 754 g/mol. The van der Waals surface area contributed by atoms with Crippen LogP contribution in [-0.4, -0.2) is 0 Å². The standard InChI is InChI=1S/2C8H12.3F6P.Rh/c2*1-2-4-6-8-7-5-3-1;3*1-7(2,3,4,5)6;/h2*1-2,7-8H,3-6H2;;;;/q;;3*-1;+3. The van der Waals surface area contributed by atoms with Crippen molar-refractivity contribution in [3.63, 3.8) is 0 Å². The van der Waals surface area contributed by atoms with E-state index in [0.29, 0.717) is 0 Å². The van der Waals surface area contributed by atoms with Crippen LogP contribution in [0.25, 0.3) is 0 Å². The van der Waals surface area contributed by atoms with E-state index >= 15 is 0 Å². The Kier molecular flexibility index (Phi) is 14.8. The zero-order valence-electron chi connectivity index (χ0n) is 18.8. The molecule has 2 aliphatic rings. The van der Waals surface area contributed by atoms with Gasteiger partial charge in [-0.05, 0) is 51.4 Å². The van der Waals surface area contributed by atoms with E-state index in [4.69, 9.17) is 0 Å². The fraction of sp³-hybridized carbons (Fsp3) is 0.500. The molecule has 0 atom stereocenters. The first-order chi connectivity index (χ1) is 15.3. The third-order valence-electron chi connectivity index (χ3n) is 2.67. The molecular formula is C16H24F18P3Rh. The fourth-order valence-electron chi connectivity index (χ4n) is 1.71. The zero-order chi connectivity index (χ0) is 30.5. The minimum Gasteiger partial charge on any atom is 3.00 e. The summed E-state index contributed by atoms with van der Waals surface area (Å²) in [6.45, 7) is 0. The Morgan fingerprint density at radius 2 is 0.289 bits per heavy atom. The molecule has 0 fully saturated rings. The summed E-state index contributed by atoms with van der Waals surface area (Å²) in [5.74, 6) is 0. The van der Waals surface area contributed by atoms with Crippen molar-refractivity contribution < 1.29 is 95.0 Å². The average molecular weight is 754 g/mol. The summed E-state index contributed by atoms with van der Waals surface area (Å²) < 4.78 is 178. The second-order valence-electron chi connectivity index (χ2n) is 7.07. The minimum atomic E-state index is -10.7. The predicted molar refractivity (Wildman–Crippen MR) is 114 cm³/mol. The van der Waals surface area contributed by atoms with Crippen LogP contribution >= 0.6 is 23.4 Å². The summed E-state index contributed by atoms with van der Waals surface area (Å²) in [5.41, 5.74) is 0. The van der Waals surface area contributed by atoms with Gasteiger partial charge in [0.15, 0.2) is 0 Å². The summed E-state index contributed by atoms with van der Waals surface area (Å²) in [6.07, 6.45) is 28.0. The molecule has 2 rings (SSSR count). The molecule has 0 aromatic rings. The van der Waals surface area contributed by atoms with Crippen molar-refractivity contribution in [2.45, 2.75) is 51.4 Å². The molecule has 0 unspecified atom stereocenters. The Labute approximate surface area is 218 Å². The Morgan fingerprint density at radius 3 is 0.342 bits per heavy atom. The first kappa shape index (κ1) is 44.6. The summed E-state index contributed by atoms with van der Waals surface area (Å²) in [7, 11) is -32.0. The van der Waals surface area contributed by atoms with Crippen LogP contribution in [0.1, 0.15) is 51.4 Å². The minimum absolute atomic E-state index is 0. The largest absolute Gasteiger partial charge is 3.00 e. The number of rotatable bonds is 0. The van der Waals surface area contributed by atoms with Crippen LogP contribution in [-0.2, 0) is 19.5 Å². The summed E-state index contributed by atoms with van der Waals surface area (Å²) in [4.78, 5) is 0. The van der Waals surface area contributed by atoms with Crippen LogP contribution in [0.2, 0.25) is 0 Å². The Balaban J connectivity index is -0.000000189. The SMILES string of the molecule is C1=CCCC=CCC1.C1=CCCC=CCC1.F[P-](F)(F)(F)(F)F.F[P-](F)(F)(F)(F)F.F[P-](F)(F)(F)(F)F.[Rh+3]. The zero-order valence-corrected chi connectivity index (χ0v) is 23.1. The van der Waals surface area contributed by atoms with E-state index in [1.807, 2.05) is 0 Å². The van der Waals surface area contributed by atoms with E-state index < -0.39 is 23.4 Å². The van der Waals surface area contributed by atoms with Crippen molar-refractivity contribution in [2.24, 2.45) is 0 Å². The van der Waals surface area contributed by atoms with E-state index in [9.17, 15) is 75.5 Å². The van der Waals surface area contributed by atoms with Gasteiger partial charge >= 0.3 is 118 Å². The number of hydrogen-bond donors (Lipinski definition) is 0. The van der Waals surface area contributed by atoms with Gasteiger partial charge in [-0.15, -0.1) is 0 Å². The maximum atomic E-state index is 9.87. The van der Waals surface area contributed by atoms with Gasteiger partial charge in [0.1, 0.15) is 0 Å². The Bertz CT molecular complexity index is 616. The van der Waals surface area contributed by atoms with Gasteiger partial charge in [0, 0.05) is 0 Å². The Morgan fingerprint density at radius 1 is 0.237 bits per heavy atom. The molecule has 238 valence electrons. The van der Waals surface area contributed by atoms with Crippen molar-refractivity contribution in [3.8, 4) is 0 Å². The number of allylic oxidation sites excluding steroid dienone is 8. The van der Waals surface area contributed by atoms with Crippen LogP contribution in [0.4, 0.5) is 75.5 Å². The smallest absolute Gasteiger partial charge is 3.00 e. The van der Waals surface area contributed by atoms with Gasteiger partial charge < -0.3 is 0 Å². The molecule has 0 saturated carbocycles. The second kappa shape index (κ2) is 12.6. The van der Waals surface area contributed by atoms with Crippen LogP contribution in [0.5, 0.6) is 0 Å². The molecule has 0 aromatic carbocycles.